The van der Waals surface area contributed by atoms with Crippen LogP contribution in [-0.4, -0.2) is 34.8 Å². The molecule has 1 heterocycles. The number of halogens is 1. The molecule has 0 aliphatic carbocycles. The number of carbonyl (C=O) groups is 2. The summed E-state index contributed by atoms with van der Waals surface area (Å²) in [5.41, 5.74) is 1.32. The summed E-state index contributed by atoms with van der Waals surface area (Å²) in [6.07, 6.45) is 0. The van der Waals surface area contributed by atoms with Gasteiger partial charge in [0.1, 0.15) is 11.9 Å². The molecule has 0 aliphatic heterocycles. The van der Waals surface area contributed by atoms with Crippen molar-refractivity contribution in [3.63, 3.8) is 0 Å². The molecule has 2 aromatic rings. The summed E-state index contributed by atoms with van der Waals surface area (Å²) < 4.78 is 19.3. The maximum Gasteiger partial charge on any atom is 0.328 e. The molecule has 1 N–H and O–H groups in total. The molecule has 1 aromatic carbocycles. The van der Waals surface area contributed by atoms with Gasteiger partial charge in [0, 0.05) is 5.69 Å². The molecule has 0 saturated carbocycles. The average molecular weight is 305 g/mol. The fraction of sp³-hybridized carbons (Fsp3) is 0.267. The van der Waals surface area contributed by atoms with E-state index in [4.69, 9.17) is 0 Å². The highest BCUT2D eigenvalue weighted by Gasteiger charge is 2.19. The number of nitrogens with zero attached hydrogens (tertiary/aromatic N) is 2. The second-order valence-electron chi connectivity index (χ2n) is 4.78. The van der Waals surface area contributed by atoms with Gasteiger partial charge in [-0.05, 0) is 38.1 Å². The molecule has 2 rings (SSSR count). The number of benzene rings is 1. The molecule has 1 atom stereocenters. The number of esters is 1. The van der Waals surface area contributed by atoms with Crippen molar-refractivity contribution >= 4 is 11.9 Å². The van der Waals surface area contributed by atoms with Gasteiger partial charge in [-0.1, -0.05) is 6.07 Å². The molecule has 22 heavy (non-hydrogen) atoms. The summed E-state index contributed by atoms with van der Waals surface area (Å²) in [5, 5.41) is 6.63. The van der Waals surface area contributed by atoms with E-state index >= 15 is 0 Å². The molecular weight excluding hydrogens is 289 g/mol. The van der Waals surface area contributed by atoms with E-state index in [1.165, 1.54) is 30.8 Å². The van der Waals surface area contributed by atoms with Crippen molar-refractivity contribution in [2.24, 2.45) is 0 Å². The number of amides is 1. The van der Waals surface area contributed by atoms with Gasteiger partial charge >= 0.3 is 5.97 Å². The Bertz CT molecular complexity index is 712. The number of hydrogen-bond donors (Lipinski definition) is 1. The number of ether oxygens (including phenoxy) is 1. The van der Waals surface area contributed by atoms with Gasteiger partial charge in [0.25, 0.3) is 5.91 Å². The molecule has 0 fully saturated rings. The van der Waals surface area contributed by atoms with Crippen LogP contribution >= 0.6 is 0 Å². The smallest absolute Gasteiger partial charge is 0.328 e. The molecule has 6 nitrogen and oxygen atoms in total. The van der Waals surface area contributed by atoms with Crippen LogP contribution in [0.1, 0.15) is 23.1 Å². The van der Waals surface area contributed by atoms with Crippen LogP contribution in [0.15, 0.2) is 30.3 Å². The van der Waals surface area contributed by atoms with Crippen LogP contribution in [0.4, 0.5) is 4.39 Å². The number of aromatic nitrogens is 2. The van der Waals surface area contributed by atoms with Gasteiger partial charge in [-0.2, -0.15) is 5.10 Å². The van der Waals surface area contributed by atoms with Gasteiger partial charge in [0.2, 0.25) is 0 Å². The van der Waals surface area contributed by atoms with Gasteiger partial charge in [-0.15, -0.1) is 0 Å². The monoisotopic (exact) mass is 305 g/mol. The molecule has 116 valence electrons. The third-order valence-corrected chi connectivity index (χ3v) is 3.08. The van der Waals surface area contributed by atoms with E-state index in [0.717, 1.165) is 0 Å². The topological polar surface area (TPSA) is 73.2 Å². The Morgan fingerprint density at radius 2 is 2.09 bits per heavy atom. The Kier molecular flexibility index (Phi) is 4.55. The Morgan fingerprint density at radius 1 is 1.36 bits per heavy atom. The first-order valence-electron chi connectivity index (χ1n) is 6.63. The molecule has 0 bridgehead atoms. The maximum absolute atomic E-state index is 13.3. The molecule has 0 radical (unpaired) electrons. The number of rotatable bonds is 4. The van der Waals surface area contributed by atoms with Gasteiger partial charge in [-0.25, -0.2) is 13.9 Å². The lowest BCUT2D eigenvalue weighted by atomic mass is 10.3. The average Bonchev–Trinajstić information content (AvgIpc) is 2.88. The van der Waals surface area contributed by atoms with Gasteiger partial charge in [0.15, 0.2) is 5.69 Å². The van der Waals surface area contributed by atoms with Crippen LogP contribution < -0.4 is 5.32 Å². The fourth-order valence-electron chi connectivity index (χ4n) is 1.96. The standard InChI is InChI=1S/C15H16FN3O3/c1-9-7-13(14(20)17-10(2)15(21)22-3)18-19(9)12-6-4-5-11(16)8-12/h4-8,10H,1-3H3,(H,17,20)/t10-/m0/s1. The Balaban J connectivity index is 2.22. The van der Waals surface area contributed by atoms with Crippen LogP contribution in [-0.2, 0) is 9.53 Å². The van der Waals surface area contributed by atoms with Crippen LogP contribution in [0.3, 0.4) is 0 Å². The lowest BCUT2D eigenvalue weighted by Crippen LogP contribution is -2.39. The van der Waals surface area contributed by atoms with E-state index < -0.39 is 23.7 Å². The summed E-state index contributed by atoms with van der Waals surface area (Å²) in [4.78, 5) is 23.4. The third kappa shape index (κ3) is 3.30. The quantitative estimate of drug-likeness (QED) is 0.871. The molecule has 0 aliphatic rings. The molecule has 0 spiro atoms. The Labute approximate surface area is 126 Å². The lowest BCUT2D eigenvalue weighted by Gasteiger charge is -2.09. The first-order valence-corrected chi connectivity index (χ1v) is 6.63. The van der Waals surface area contributed by atoms with E-state index in [1.54, 1.807) is 25.1 Å². The molecule has 7 heteroatoms. The van der Waals surface area contributed by atoms with Crippen molar-refractivity contribution < 1.29 is 18.7 Å². The van der Waals surface area contributed by atoms with Crippen LogP contribution in [0, 0.1) is 12.7 Å². The van der Waals surface area contributed by atoms with Gasteiger partial charge in [0.05, 0.1) is 12.8 Å². The van der Waals surface area contributed by atoms with Crippen molar-refractivity contribution in [3.8, 4) is 5.69 Å². The van der Waals surface area contributed by atoms with Gasteiger partial charge in [-0.3, -0.25) is 4.79 Å². The van der Waals surface area contributed by atoms with E-state index in [2.05, 4.69) is 15.2 Å². The van der Waals surface area contributed by atoms with Crippen LogP contribution in [0.2, 0.25) is 0 Å². The van der Waals surface area contributed by atoms with Gasteiger partial charge < -0.3 is 10.1 Å². The fourth-order valence-corrected chi connectivity index (χ4v) is 1.96. The zero-order valence-electron chi connectivity index (χ0n) is 12.5. The summed E-state index contributed by atoms with van der Waals surface area (Å²) in [5.74, 6) is -1.44. The predicted octanol–water partition coefficient (Wildman–Crippen LogP) is 1.61. The Morgan fingerprint density at radius 3 is 2.73 bits per heavy atom. The second kappa shape index (κ2) is 6.38. The first-order chi connectivity index (χ1) is 10.4. The largest absolute Gasteiger partial charge is 0.467 e. The number of aryl methyl sites for hydroxylation is 1. The minimum atomic E-state index is -0.780. The number of methoxy groups -OCH3 is 1. The van der Waals surface area contributed by atoms with Crippen LogP contribution in [0.5, 0.6) is 0 Å². The van der Waals surface area contributed by atoms with E-state index in [0.29, 0.717) is 11.4 Å². The minimum Gasteiger partial charge on any atom is -0.467 e. The van der Waals surface area contributed by atoms with Crippen molar-refractivity contribution in [3.05, 3.63) is 47.5 Å². The normalized spacial score (nSPS) is 11.8. The molecular formula is C15H16FN3O3. The number of nitrogens with one attached hydrogen (secondary N) is 1. The molecule has 1 aromatic heterocycles. The van der Waals surface area contributed by atoms with Crippen molar-refractivity contribution in [1.29, 1.82) is 0 Å². The summed E-state index contributed by atoms with van der Waals surface area (Å²) in [6.45, 7) is 3.26. The first kappa shape index (κ1) is 15.7. The zero-order chi connectivity index (χ0) is 16.3. The summed E-state index contributed by atoms with van der Waals surface area (Å²) >= 11 is 0. The summed E-state index contributed by atoms with van der Waals surface area (Å²) in [6, 6.07) is 6.67. The Hall–Kier alpha value is -2.70. The summed E-state index contributed by atoms with van der Waals surface area (Å²) in [7, 11) is 1.24. The van der Waals surface area contributed by atoms with Crippen molar-refractivity contribution in [2.45, 2.75) is 19.9 Å². The lowest BCUT2D eigenvalue weighted by molar-refractivity contribution is -0.142. The zero-order valence-corrected chi connectivity index (χ0v) is 12.5. The third-order valence-electron chi connectivity index (χ3n) is 3.08. The van der Waals surface area contributed by atoms with E-state index in [9.17, 15) is 14.0 Å². The number of hydrogen-bond acceptors (Lipinski definition) is 4. The maximum atomic E-state index is 13.3. The molecule has 0 unspecified atom stereocenters. The highest BCUT2D eigenvalue weighted by molar-refractivity contribution is 5.95. The number of carbonyl (C=O) groups excluding carboxylic acids is 2. The molecule has 1 amide bonds. The minimum absolute atomic E-state index is 0.137. The van der Waals surface area contributed by atoms with E-state index in [1.807, 2.05) is 0 Å². The van der Waals surface area contributed by atoms with Crippen molar-refractivity contribution in [1.82, 2.24) is 15.1 Å². The highest BCUT2D eigenvalue weighted by Crippen LogP contribution is 2.13. The second-order valence-corrected chi connectivity index (χ2v) is 4.78. The highest BCUT2D eigenvalue weighted by atomic mass is 19.1. The van der Waals surface area contributed by atoms with Crippen molar-refractivity contribution in [2.75, 3.05) is 7.11 Å². The van der Waals surface area contributed by atoms with E-state index in [-0.39, 0.29) is 5.69 Å². The van der Waals surface area contributed by atoms with Crippen LogP contribution in [0.25, 0.3) is 5.69 Å². The predicted molar refractivity (Wildman–Crippen MR) is 77.2 cm³/mol. The molecule has 0 saturated heterocycles. The SMILES string of the molecule is COC(=O)[C@H](C)NC(=O)c1cc(C)n(-c2cccc(F)c2)n1.